The van der Waals surface area contributed by atoms with Crippen molar-refractivity contribution >= 4 is 49.8 Å². The summed E-state index contributed by atoms with van der Waals surface area (Å²) >= 11 is 0. The Morgan fingerprint density at radius 3 is 1.79 bits per heavy atom. The molecule has 0 saturated carbocycles. The summed E-state index contributed by atoms with van der Waals surface area (Å²) in [7, 11) is 0. The highest BCUT2D eigenvalue weighted by atomic mass is 16.3. The summed E-state index contributed by atoms with van der Waals surface area (Å²) in [6.07, 6.45) is 0. The van der Waals surface area contributed by atoms with Crippen LogP contribution in [0.4, 0.5) is 17.1 Å². The third-order valence-corrected chi connectivity index (χ3v) is 9.05. The summed E-state index contributed by atoms with van der Waals surface area (Å²) in [6, 6.07) is -40.4. The minimum atomic E-state index is -4.17. The van der Waals surface area contributed by atoms with Crippen LogP contribution in [0.1, 0.15) is 78.3 Å². The molecule has 11 rings (SSSR count). The number of rotatable bonds is 6. The van der Waals surface area contributed by atoms with Crippen LogP contribution in [0.2, 0.25) is 0 Å². The lowest BCUT2D eigenvalue weighted by Crippen LogP contribution is -2.17. The van der Waals surface area contributed by atoms with E-state index in [1.54, 1.807) is 0 Å². The molecule has 0 unspecified atom stereocenters. The number of para-hydroxylation sites is 1. The van der Waals surface area contributed by atoms with Crippen LogP contribution in [0.3, 0.4) is 0 Å². The van der Waals surface area contributed by atoms with Gasteiger partial charge in [0.1, 0.15) is 11.2 Å². The zero-order valence-electron chi connectivity index (χ0n) is 67.4. The number of hydrogen-bond donors (Lipinski definition) is 0. The topological polar surface area (TPSA) is 16.4 Å². The maximum Gasteiger partial charge on any atom is 0.143 e. The van der Waals surface area contributed by atoms with Gasteiger partial charge in [-0.05, 0) is 86.3 Å². The van der Waals surface area contributed by atoms with E-state index >= 15 is 0 Å². The average Bonchev–Trinajstić information content (AvgIpc) is 1.47. The molecule has 0 N–H and O–H groups in total. The summed E-state index contributed by atoms with van der Waals surface area (Å²) < 4.78 is 365. The maximum atomic E-state index is 10.6. The van der Waals surface area contributed by atoms with E-state index in [0.717, 1.165) is 0 Å². The summed E-state index contributed by atoms with van der Waals surface area (Å²) in [6.45, 7) is -8.34. The molecule has 270 valence electrons. The highest BCUT2D eigenvalue weighted by Gasteiger charge is 2.36. The zero-order chi connectivity index (χ0) is 71.8. The Hall–Kier alpha value is -7.16. The Labute approximate surface area is 387 Å². The monoisotopic (exact) mass is 769 g/mol. The maximum absolute atomic E-state index is 10.6. The van der Waals surface area contributed by atoms with Crippen LogP contribution >= 0.6 is 0 Å². The molecule has 1 aliphatic carbocycles. The van der Waals surface area contributed by atoms with E-state index in [0.29, 0.717) is 0 Å². The quantitative estimate of drug-likeness (QED) is 0.167. The number of benzene rings is 9. The van der Waals surface area contributed by atoms with E-state index in [1.165, 1.54) is 0 Å². The smallest absolute Gasteiger partial charge is 0.143 e. The van der Waals surface area contributed by atoms with Gasteiger partial charge in [0.05, 0.1) is 56.6 Å². The van der Waals surface area contributed by atoms with Crippen molar-refractivity contribution in [2.75, 3.05) is 4.90 Å². The SMILES string of the molecule is [2H]c1c([2H])c([2H])c(-c2c([2H])c([2H])c(-c3c([2H])c([2H])c([2H])c([2H])c3N(c3c([2H])c([2H])c4c(c3[2H])C(C([2H])([2H])[2H])(C([2H])([2H])[2H])c3c([2H])c([2H])c([2H])c([2H])c3-4)c3c([2H])c4c(oc5c([2H])c([2H])c(-c6c([2H])c([2H])c([2H])c([2H])c6[2H])c([2H])c54)c4c([2H])c([2H])c([2H])c([2H])c34)c([2H])c2[2H])c([2H])c1[2H]. The molecule has 1 aromatic heterocycles. The number of hydrogen-bond acceptors (Lipinski definition) is 2. The van der Waals surface area contributed by atoms with Gasteiger partial charge in [0.2, 0.25) is 0 Å². The first-order valence-electron chi connectivity index (χ1n) is 36.1. The van der Waals surface area contributed by atoms with Gasteiger partial charge in [0, 0.05) is 46.4 Å². The third kappa shape index (κ3) is 5.33. The van der Waals surface area contributed by atoms with E-state index in [2.05, 4.69) is 0 Å². The lowest BCUT2D eigenvalue weighted by Gasteiger charge is -2.31. The molecule has 0 spiro atoms. The molecule has 57 heavy (non-hydrogen) atoms. The van der Waals surface area contributed by atoms with Crippen molar-refractivity contribution in [2.24, 2.45) is 0 Å². The highest BCUT2D eigenvalue weighted by molar-refractivity contribution is 6.20. The Morgan fingerprint density at radius 1 is 0.421 bits per heavy atom. The predicted molar refractivity (Wildman–Crippen MR) is 240 cm³/mol. The van der Waals surface area contributed by atoms with Crippen molar-refractivity contribution < 1.29 is 57.9 Å². The van der Waals surface area contributed by atoms with Crippen LogP contribution < -0.4 is 4.90 Å². The predicted octanol–water partition coefficient (Wildman–Crippen LogP) is 15.5. The minimum absolute atomic E-state index is 0.164. The van der Waals surface area contributed by atoms with Crippen molar-refractivity contribution in [3.63, 3.8) is 0 Å². The number of anilines is 3. The highest BCUT2D eigenvalue weighted by Crippen LogP contribution is 2.52. The van der Waals surface area contributed by atoms with E-state index in [4.69, 9.17) is 35.9 Å². The summed E-state index contributed by atoms with van der Waals surface area (Å²) in [5.74, 6) is 0. The zero-order valence-corrected chi connectivity index (χ0v) is 28.4. The fourth-order valence-corrected chi connectivity index (χ4v) is 6.53. The van der Waals surface area contributed by atoms with E-state index in [9.17, 15) is 21.9 Å². The van der Waals surface area contributed by atoms with Crippen LogP contribution in [0.25, 0.3) is 77.2 Å². The first-order valence-corrected chi connectivity index (χ1v) is 16.6. The molecule has 1 heterocycles. The molecule has 0 aliphatic heterocycles. The minimum Gasteiger partial charge on any atom is -0.455 e. The van der Waals surface area contributed by atoms with Crippen LogP contribution in [0.15, 0.2) is 204 Å². The molecule has 1 aliphatic rings. The standard InChI is InChI=1S/C55H39NO/c1-55(2)49-23-13-11-20-43(49)44-31-30-41(34-50(44)55)56(51-24-14-12-19-42(51)39-27-25-38(26-28-39)36-15-5-3-6-16-36)52-35-48-47-33-40(37-17-7-4-8-18-37)29-32-53(47)57-54(48)46-22-10-9-21-45(46)52/h3-35H,1-2H3/i1D3,2D3,3D,4D,5D,6D,7D,8D,9D,10D,11D,12D,13D,14D,15D,16D,17D,18D,19D,20D,21D,22D,23D,24D,25D,26D,27D,28D,29D,30D,31D,32D,33D,34D,35D. The molecule has 0 amide bonds. The lowest BCUT2D eigenvalue weighted by molar-refractivity contribution is 0.660. The van der Waals surface area contributed by atoms with Gasteiger partial charge in [-0.15, -0.1) is 0 Å². The lowest BCUT2D eigenvalue weighted by atomic mass is 9.82. The Kier molecular flexibility index (Phi) is 2.77. The number of nitrogens with zero attached hydrogens (tertiary/aromatic N) is 1. The van der Waals surface area contributed by atoms with Gasteiger partial charge < -0.3 is 9.32 Å². The fourth-order valence-electron chi connectivity index (χ4n) is 6.53. The van der Waals surface area contributed by atoms with Crippen molar-refractivity contribution in [2.45, 2.75) is 19.1 Å². The average molecular weight is 769 g/mol. The molecule has 0 atom stereocenters. The van der Waals surface area contributed by atoms with Gasteiger partial charge in [0.15, 0.2) is 0 Å². The second-order valence-electron chi connectivity index (χ2n) is 12.3. The molecule has 2 nitrogen and oxygen atoms in total. The van der Waals surface area contributed by atoms with Crippen LogP contribution in [0, 0.1) is 0 Å². The molecular weight excluding hydrogens is 691 g/mol. The fraction of sp³-hybridized carbons (Fsp3) is 0.0545. The molecule has 0 saturated heterocycles. The molecule has 0 bridgehead atoms. The van der Waals surface area contributed by atoms with E-state index in [-0.39, 0.29) is 4.90 Å². The van der Waals surface area contributed by atoms with Gasteiger partial charge in [-0.25, -0.2) is 0 Å². The first-order chi connectivity index (χ1) is 44.3. The second kappa shape index (κ2) is 13.0. The van der Waals surface area contributed by atoms with Crippen LogP contribution in [0.5, 0.6) is 0 Å². The van der Waals surface area contributed by atoms with Gasteiger partial charge >= 0.3 is 0 Å². The van der Waals surface area contributed by atoms with Crippen molar-refractivity contribution in [1.82, 2.24) is 0 Å². The van der Waals surface area contributed by atoms with Gasteiger partial charge in [-0.2, -0.15) is 0 Å². The number of furan rings is 1. The van der Waals surface area contributed by atoms with E-state index in [1.807, 2.05) is 0 Å². The van der Waals surface area contributed by atoms with Crippen molar-refractivity contribution in [1.29, 1.82) is 0 Å². The molecule has 0 radical (unpaired) electrons. The Balaban J connectivity index is 1.48. The van der Waals surface area contributed by atoms with Crippen molar-refractivity contribution in [3.8, 4) is 44.5 Å². The summed E-state index contributed by atoms with van der Waals surface area (Å²) in [5.41, 5.74) is -21.3. The van der Waals surface area contributed by atoms with Crippen molar-refractivity contribution in [3.05, 3.63) is 211 Å². The molecule has 0 fully saturated rings. The Bertz CT molecular complexity index is 5210. The van der Waals surface area contributed by atoms with Crippen LogP contribution in [-0.4, -0.2) is 0 Å². The van der Waals surface area contributed by atoms with Gasteiger partial charge in [-0.3, -0.25) is 0 Å². The number of fused-ring (bicyclic) bond motifs is 8. The normalized spacial score (nSPS) is 23.0. The molecule has 2 heteroatoms. The van der Waals surface area contributed by atoms with Crippen LogP contribution in [-0.2, 0) is 5.41 Å². The van der Waals surface area contributed by atoms with Gasteiger partial charge in [-0.1, -0.05) is 177 Å². The Morgan fingerprint density at radius 2 is 1.02 bits per heavy atom. The first kappa shape index (κ1) is 12.2. The third-order valence-electron chi connectivity index (χ3n) is 9.05. The molecule has 10 aromatic rings. The summed E-state index contributed by atoms with van der Waals surface area (Å²) in [4.78, 5) is 0.164. The van der Waals surface area contributed by atoms with Gasteiger partial charge in [0.25, 0.3) is 0 Å². The molecular formula is C55H39NO. The van der Waals surface area contributed by atoms with E-state index < -0.39 is 324 Å². The second-order valence-corrected chi connectivity index (χ2v) is 12.3. The summed E-state index contributed by atoms with van der Waals surface area (Å²) in [5, 5.41) is -3.91. The largest absolute Gasteiger partial charge is 0.455 e. The molecule has 9 aromatic carbocycles.